The maximum Gasteiger partial charge on any atom is 0.393 e. The molecule has 13 atom stereocenters. The summed E-state index contributed by atoms with van der Waals surface area (Å²) in [5, 5.41) is 4.43. The van der Waals surface area contributed by atoms with Crippen molar-refractivity contribution in [1.29, 1.82) is 0 Å². The average Bonchev–Trinajstić information content (AvgIpc) is 2.22. The molecular formula is C62H101ClF3N11O11. The molecule has 498 valence electrons. The summed E-state index contributed by atoms with van der Waals surface area (Å²) in [6, 6.07) is -9.65. The van der Waals surface area contributed by atoms with Gasteiger partial charge in [-0.1, -0.05) is 59.3 Å². The second-order valence-corrected chi connectivity index (χ2v) is 27.0. The summed E-state index contributed by atoms with van der Waals surface area (Å²) in [7, 11) is 10.1. The Morgan fingerprint density at radius 3 is 1.78 bits per heavy atom. The van der Waals surface area contributed by atoms with Crippen molar-refractivity contribution in [1.82, 2.24) is 54.7 Å². The van der Waals surface area contributed by atoms with Crippen molar-refractivity contribution in [2.45, 2.75) is 236 Å². The number of amides is 11. The van der Waals surface area contributed by atoms with Gasteiger partial charge in [-0.05, 0) is 117 Å². The molecule has 0 aromatic carbocycles. The summed E-state index contributed by atoms with van der Waals surface area (Å²) in [5.41, 5.74) is -1.61. The maximum absolute atomic E-state index is 15.0. The number of halogens is 4. The Labute approximate surface area is 523 Å². The first-order valence-electron chi connectivity index (χ1n) is 31.8. The van der Waals surface area contributed by atoms with Gasteiger partial charge in [0, 0.05) is 80.3 Å². The quantitative estimate of drug-likeness (QED) is 0.318. The minimum Gasteiger partial charge on any atom is -0.343 e. The highest BCUT2D eigenvalue weighted by molar-refractivity contribution is 6.20. The normalized spacial score (nSPS) is 31.8. The van der Waals surface area contributed by atoms with Crippen LogP contribution in [0.4, 0.5) is 13.2 Å². The highest BCUT2D eigenvalue weighted by Gasteiger charge is 2.50. The Kier molecular flexibility index (Phi) is 25.6. The van der Waals surface area contributed by atoms with E-state index in [0.717, 1.165) is 32.1 Å². The number of hydrogen-bond acceptors (Lipinski definition) is 11. The van der Waals surface area contributed by atoms with Crippen LogP contribution in [0.5, 0.6) is 0 Å². The van der Waals surface area contributed by atoms with Gasteiger partial charge in [-0.3, -0.25) is 52.7 Å². The fourth-order valence-corrected chi connectivity index (χ4v) is 13.7. The molecule has 2 aliphatic carbocycles. The molecule has 3 unspecified atom stereocenters. The number of hydrogen-bond donors (Lipinski definition) is 2. The Hall–Kier alpha value is -5.75. The van der Waals surface area contributed by atoms with E-state index in [1.807, 2.05) is 6.92 Å². The fourth-order valence-electron chi connectivity index (χ4n) is 13.2. The number of rotatable bonds is 8. The van der Waals surface area contributed by atoms with Crippen molar-refractivity contribution in [2.24, 2.45) is 23.7 Å². The van der Waals surface area contributed by atoms with Gasteiger partial charge in [0.1, 0.15) is 53.9 Å². The molecule has 88 heavy (non-hydrogen) atoms. The van der Waals surface area contributed by atoms with E-state index in [4.69, 9.17) is 11.6 Å². The number of carbonyl (C=O) groups excluding carboxylic acids is 11. The molecule has 5 rings (SSSR count). The van der Waals surface area contributed by atoms with E-state index in [0.29, 0.717) is 12.8 Å². The molecule has 0 bridgehead atoms. The Balaban J connectivity index is 1.52. The van der Waals surface area contributed by atoms with Gasteiger partial charge in [-0.15, -0.1) is 11.6 Å². The summed E-state index contributed by atoms with van der Waals surface area (Å²) in [4.78, 5) is 171. The van der Waals surface area contributed by atoms with E-state index in [1.165, 1.54) is 121 Å². The van der Waals surface area contributed by atoms with Gasteiger partial charge in [0.2, 0.25) is 65.0 Å². The first-order valence-corrected chi connectivity index (χ1v) is 32.2. The van der Waals surface area contributed by atoms with Crippen molar-refractivity contribution < 1.29 is 65.9 Å². The molecule has 0 aromatic rings. The van der Waals surface area contributed by atoms with Crippen LogP contribution in [0.3, 0.4) is 0 Å². The third-order valence-corrected chi connectivity index (χ3v) is 20.9. The van der Waals surface area contributed by atoms with Crippen molar-refractivity contribution in [3.05, 3.63) is 0 Å². The summed E-state index contributed by atoms with van der Waals surface area (Å²) in [6.45, 7) is 12.7. The average molecular weight is 1270 g/mol. The number of nitrogens with one attached hydrogen (secondary N) is 2. The number of carbonyl (C=O) groups is 11. The lowest BCUT2D eigenvalue weighted by atomic mass is 9.78. The lowest BCUT2D eigenvalue weighted by molar-refractivity contribution is -0.182. The second kappa shape index (κ2) is 30.8. The number of alkyl halides is 4. The van der Waals surface area contributed by atoms with Crippen LogP contribution in [0.2, 0.25) is 0 Å². The third kappa shape index (κ3) is 16.8. The van der Waals surface area contributed by atoms with Gasteiger partial charge in [0.25, 0.3) is 0 Å². The third-order valence-electron chi connectivity index (χ3n) is 20.4. The van der Waals surface area contributed by atoms with E-state index < -0.39 is 155 Å². The van der Waals surface area contributed by atoms with Gasteiger partial charge in [-0.25, -0.2) is 0 Å². The van der Waals surface area contributed by atoms with Crippen LogP contribution in [-0.4, -0.2) is 250 Å². The minimum atomic E-state index is -4.49. The number of nitrogens with zero attached hydrogens (tertiary/aromatic N) is 9. The van der Waals surface area contributed by atoms with E-state index in [9.17, 15) is 61.1 Å². The molecular weight excluding hydrogens is 1170 g/mol. The molecule has 3 heterocycles. The fraction of sp³-hybridized carbons (Fsp3) is 0.823. The number of fused-ring (bicyclic) bond motifs is 2. The zero-order valence-electron chi connectivity index (χ0n) is 54.8. The molecule has 0 radical (unpaired) electrons. The second-order valence-electron chi connectivity index (χ2n) is 26.4. The van der Waals surface area contributed by atoms with Crippen LogP contribution in [0.15, 0.2) is 0 Å². The molecule has 26 heteroatoms. The predicted octanol–water partition coefficient (Wildman–Crippen LogP) is 4.63. The largest absolute Gasteiger partial charge is 0.393 e. The molecule has 3 saturated heterocycles. The van der Waals surface area contributed by atoms with E-state index >= 15 is 4.79 Å². The topological polar surface area (TPSA) is 241 Å². The van der Waals surface area contributed by atoms with E-state index in [-0.39, 0.29) is 89.1 Å². The van der Waals surface area contributed by atoms with Gasteiger partial charge >= 0.3 is 6.18 Å². The highest BCUT2D eigenvalue weighted by atomic mass is 35.5. The zero-order chi connectivity index (χ0) is 66.2. The van der Waals surface area contributed by atoms with E-state index in [2.05, 4.69) is 10.6 Å². The Morgan fingerprint density at radius 1 is 0.602 bits per heavy atom. The molecule has 3 aliphatic heterocycles. The van der Waals surface area contributed by atoms with Crippen LogP contribution in [0.25, 0.3) is 0 Å². The van der Waals surface area contributed by atoms with E-state index in [1.54, 1.807) is 20.8 Å². The lowest BCUT2D eigenvalue weighted by Gasteiger charge is -2.45. The smallest absolute Gasteiger partial charge is 0.343 e. The first-order chi connectivity index (χ1) is 41.0. The maximum atomic E-state index is 15.0. The van der Waals surface area contributed by atoms with Crippen LogP contribution in [0.1, 0.15) is 165 Å². The SMILES string of the molecule is CC[C@H](C)[C@@H]1NC(=O)[C@H](C)N(C)C(=O)C[C@@H](C)N(C)C(=O)[C@H](CC)N(C)C(=O)C(C)(C)N(C)C(=O)[C@@H]2CCCN2C(=O)[C@H](CCC2CCC(C(F)(F)F)C(Cl)C2)NC(=O)CN(C)C(=O)[C@H](CC2CCCCC2)N(C)C(=O)[C@@H]2CCN2C(=O)[C@H](C)N(C)C1=O. The van der Waals surface area contributed by atoms with Gasteiger partial charge in [-0.2, -0.15) is 13.2 Å². The van der Waals surface area contributed by atoms with Crippen molar-refractivity contribution in [3.63, 3.8) is 0 Å². The van der Waals surface area contributed by atoms with Gasteiger partial charge in [0.15, 0.2) is 0 Å². The first kappa shape index (κ1) is 73.0. The van der Waals surface area contributed by atoms with Crippen LogP contribution < -0.4 is 10.6 Å². The molecule has 5 fully saturated rings. The van der Waals surface area contributed by atoms with Crippen LogP contribution in [-0.2, 0) is 52.7 Å². The summed E-state index contributed by atoms with van der Waals surface area (Å²) in [5.74, 6) is -8.89. The minimum absolute atomic E-state index is 0.0122. The summed E-state index contributed by atoms with van der Waals surface area (Å²) in [6.07, 6.45) is 1.52. The Bertz CT molecular complexity index is 2560. The number of likely N-dealkylation sites (N-methyl/N-ethyl adjacent to an activating group) is 7. The molecule has 2 saturated carbocycles. The highest BCUT2D eigenvalue weighted by Crippen LogP contribution is 2.44. The van der Waals surface area contributed by atoms with Crippen molar-refractivity contribution >= 4 is 76.6 Å². The summed E-state index contributed by atoms with van der Waals surface area (Å²) >= 11 is 6.35. The molecule has 11 amide bonds. The Morgan fingerprint density at radius 2 is 1.22 bits per heavy atom. The monoisotopic (exact) mass is 1270 g/mol. The zero-order valence-corrected chi connectivity index (χ0v) is 55.5. The molecule has 22 nitrogen and oxygen atoms in total. The standard InChI is InChI=1S/C62H101ClF3N11O11/c1-16-36(3)51-59(87)72(12)39(6)53(81)77-31-29-47(77)57(85)73(13)48(34-40-22-19-18-20-23-40)55(83)69(9)35-49(78)67-44(28-26-41-25-27-42(43(63)33-41)62(64,65)66)54(82)76-30-21-24-46(76)58(86)75(15)61(7,8)60(88)74(14)45(17-2)56(84)70(10)37(4)32-50(79)71(11)38(5)52(80)68-51/h36-48,51H,16-35H2,1-15H3,(H,67,78)(H,68,80)/t36-,37+,38-,39-,41?,42?,43?,44-,45-,46-,47-,48-,51-/m0/s1. The summed E-state index contributed by atoms with van der Waals surface area (Å²) < 4.78 is 41.7. The van der Waals surface area contributed by atoms with Gasteiger partial charge in [0.05, 0.1) is 12.5 Å². The molecule has 2 N–H and O–H groups in total. The van der Waals surface area contributed by atoms with Crippen LogP contribution >= 0.6 is 11.6 Å². The lowest BCUT2D eigenvalue weighted by Crippen LogP contribution is -2.65. The van der Waals surface area contributed by atoms with Gasteiger partial charge < -0.3 is 54.7 Å². The van der Waals surface area contributed by atoms with Crippen molar-refractivity contribution in [3.8, 4) is 0 Å². The molecule has 5 aliphatic rings. The molecule has 0 spiro atoms. The van der Waals surface area contributed by atoms with Crippen LogP contribution in [0, 0.1) is 23.7 Å². The molecule has 0 aromatic heterocycles. The van der Waals surface area contributed by atoms with Crippen molar-refractivity contribution in [2.75, 3.05) is 69.0 Å². The predicted molar refractivity (Wildman–Crippen MR) is 324 cm³/mol.